The fourth-order valence-corrected chi connectivity index (χ4v) is 1.21. The molecule has 6 nitrogen and oxygen atoms in total. The van der Waals surface area contributed by atoms with Gasteiger partial charge in [-0.1, -0.05) is 12.1 Å². The second-order valence-corrected chi connectivity index (χ2v) is 3.10. The average Bonchev–Trinajstić information content (AvgIpc) is 2.34. The second-order valence-electron chi connectivity index (χ2n) is 3.10. The van der Waals surface area contributed by atoms with Crippen molar-refractivity contribution in [2.75, 3.05) is 18.4 Å². The van der Waals surface area contributed by atoms with Crippen LogP contribution in [0, 0.1) is 22.5 Å². The Bertz CT molecular complexity index is 465. The summed E-state index contributed by atoms with van der Waals surface area (Å²) < 4.78 is 0. The Morgan fingerprint density at radius 1 is 1.41 bits per heavy atom. The minimum atomic E-state index is -0.505. The summed E-state index contributed by atoms with van der Waals surface area (Å²) in [6.45, 7) is 0.660. The van der Waals surface area contributed by atoms with Crippen molar-refractivity contribution in [2.45, 2.75) is 0 Å². The van der Waals surface area contributed by atoms with Crippen LogP contribution in [0.15, 0.2) is 24.3 Å². The molecule has 0 spiro atoms. The van der Waals surface area contributed by atoms with Gasteiger partial charge >= 0.3 is 0 Å². The number of nitrogens with one attached hydrogen (secondary N) is 2. The fourth-order valence-electron chi connectivity index (χ4n) is 1.21. The molecule has 0 bridgehead atoms. The number of anilines is 1. The molecule has 0 aliphatic heterocycles. The van der Waals surface area contributed by atoms with Crippen molar-refractivity contribution in [2.24, 2.45) is 0 Å². The van der Waals surface area contributed by atoms with Crippen LogP contribution >= 0.6 is 0 Å². The van der Waals surface area contributed by atoms with Gasteiger partial charge in [0, 0.05) is 19.2 Å². The molecule has 0 aliphatic carbocycles. The standard InChI is InChI=1S/C11H11N3O3/c1-2-11(15)13-8-7-12-9-5-3-4-6-10(9)14(16)17/h1,3-6,12H,7-8H2,(H,13,15). The third-order valence-electron chi connectivity index (χ3n) is 1.96. The highest BCUT2D eigenvalue weighted by atomic mass is 16.6. The molecule has 0 heterocycles. The zero-order chi connectivity index (χ0) is 12.7. The molecule has 0 saturated heterocycles. The maximum atomic E-state index is 10.7. The van der Waals surface area contributed by atoms with E-state index in [1.807, 2.05) is 5.92 Å². The van der Waals surface area contributed by atoms with Crippen LogP contribution in [0.3, 0.4) is 0 Å². The number of nitro benzene ring substituents is 1. The number of benzene rings is 1. The minimum Gasteiger partial charge on any atom is -0.378 e. The third kappa shape index (κ3) is 3.83. The van der Waals surface area contributed by atoms with Crippen molar-refractivity contribution in [1.82, 2.24) is 5.32 Å². The van der Waals surface area contributed by atoms with Gasteiger partial charge in [-0.3, -0.25) is 14.9 Å². The lowest BCUT2D eigenvalue weighted by Crippen LogP contribution is -2.27. The van der Waals surface area contributed by atoms with Crippen molar-refractivity contribution in [3.63, 3.8) is 0 Å². The number of carbonyl (C=O) groups excluding carboxylic acids is 1. The molecule has 1 aromatic rings. The molecule has 0 unspecified atom stereocenters. The summed E-state index contributed by atoms with van der Waals surface area (Å²) in [5.74, 6) is 1.40. The van der Waals surface area contributed by atoms with Crippen molar-refractivity contribution >= 4 is 17.3 Å². The van der Waals surface area contributed by atoms with Crippen LogP contribution in [0.1, 0.15) is 0 Å². The highest BCUT2D eigenvalue weighted by Gasteiger charge is 2.10. The Balaban J connectivity index is 2.50. The fraction of sp³-hybridized carbons (Fsp3) is 0.182. The van der Waals surface area contributed by atoms with Gasteiger partial charge in [-0.2, -0.15) is 0 Å². The molecular formula is C11H11N3O3. The number of terminal acetylenes is 1. The lowest BCUT2D eigenvalue weighted by atomic mass is 10.2. The SMILES string of the molecule is C#CC(=O)NCCNc1ccccc1[N+](=O)[O-]. The predicted molar refractivity (Wildman–Crippen MR) is 63.4 cm³/mol. The number of para-hydroxylation sites is 2. The van der Waals surface area contributed by atoms with E-state index in [1.165, 1.54) is 6.07 Å². The molecule has 0 fully saturated rings. The molecule has 1 rings (SSSR count). The van der Waals surface area contributed by atoms with E-state index in [0.29, 0.717) is 18.8 Å². The van der Waals surface area contributed by atoms with Crippen molar-refractivity contribution < 1.29 is 9.72 Å². The topological polar surface area (TPSA) is 84.3 Å². The highest BCUT2D eigenvalue weighted by molar-refractivity contribution is 5.92. The summed E-state index contributed by atoms with van der Waals surface area (Å²) in [6.07, 6.45) is 4.86. The lowest BCUT2D eigenvalue weighted by Gasteiger charge is -2.06. The number of rotatable bonds is 5. The molecule has 1 amide bonds. The van der Waals surface area contributed by atoms with E-state index in [9.17, 15) is 14.9 Å². The minimum absolute atomic E-state index is 0.00391. The molecule has 1 aromatic carbocycles. The van der Waals surface area contributed by atoms with Gasteiger partial charge in [-0.25, -0.2) is 0 Å². The van der Waals surface area contributed by atoms with Crippen LogP contribution in [0.25, 0.3) is 0 Å². The number of nitrogens with zero attached hydrogens (tertiary/aromatic N) is 1. The Morgan fingerprint density at radius 2 is 2.12 bits per heavy atom. The molecule has 0 aromatic heterocycles. The van der Waals surface area contributed by atoms with Gasteiger partial charge in [0.2, 0.25) is 0 Å². The number of carbonyl (C=O) groups is 1. The Labute approximate surface area is 98.2 Å². The first-order chi connectivity index (χ1) is 8.15. The van der Waals surface area contributed by atoms with Crippen molar-refractivity contribution in [1.29, 1.82) is 0 Å². The van der Waals surface area contributed by atoms with E-state index in [-0.39, 0.29) is 5.69 Å². The second kappa shape index (κ2) is 6.12. The van der Waals surface area contributed by atoms with Gasteiger partial charge in [-0.15, -0.1) is 6.42 Å². The van der Waals surface area contributed by atoms with Crippen LogP contribution in [-0.4, -0.2) is 23.9 Å². The van der Waals surface area contributed by atoms with Gasteiger partial charge < -0.3 is 10.6 Å². The van der Waals surface area contributed by atoms with Crippen LogP contribution < -0.4 is 10.6 Å². The van der Waals surface area contributed by atoms with Gasteiger partial charge in [0.25, 0.3) is 11.6 Å². The number of hydrogen-bond acceptors (Lipinski definition) is 4. The molecule has 17 heavy (non-hydrogen) atoms. The first-order valence-corrected chi connectivity index (χ1v) is 4.87. The normalized spacial score (nSPS) is 9.12. The molecule has 2 N–H and O–H groups in total. The first-order valence-electron chi connectivity index (χ1n) is 4.87. The summed E-state index contributed by atoms with van der Waals surface area (Å²) in [5.41, 5.74) is 0.406. The Morgan fingerprint density at radius 3 is 2.76 bits per heavy atom. The van der Waals surface area contributed by atoms with E-state index in [2.05, 4.69) is 10.6 Å². The maximum Gasteiger partial charge on any atom is 0.295 e. The van der Waals surface area contributed by atoms with Crippen LogP contribution in [-0.2, 0) is 4.79 Å². The Hall–Kier alpha value is -2.55. The highest BCUT2D eigenvalue weighted by Crippen LogP contribution is 2.22. The average molecular weight is 233 g/mol. The van der Waals surface area contributed by atoms with Crippen LogP contribution in [0.4, 0.5) is 11.4 Å². The van der Waals surface area contributed by atoms with Gasteiger partial charge in [0.15, 0.2) is 0 Å². The van der Waals surface area contributed by atoms with Crippen molar-refractivity contribution in [3.05, 3.63) is 34.4 Å². The van der Waals surface area contributed by atoms with Gasteiger partial charge in [-0.05, 0) is 12.0 Å². The molecule has 0 aliphatic rings. The van der Waals surface area contributed by atoms with Crippen LogP contribution in [0.2, 0.25) is 0 Å². The predicted octanol–water partition coefficient (Wildman–Crippen LogP) is 0.756. The molecule has 88 valence electrons. The van der Waals surface area contributed by atoms with Gasteiger partial charge in [0.05, 0.1) is 4.92 Å². The zero-order valence-corrected chi connectivity index (χ0v) is 8.97. The monoisotopic (exact) mass is 233 g/mol. The first kappa shape index (κ1) is 12.5. The largest absolute Gasteiger partial charge is 0.378 e. The quantitative estimate of drug-likeness (QED) is 0.340. The van der Waals surface area contributed by atoms with Crippen molar-refractivity contribution in [3.8, 4) is 12.3 Å². The number of nitro groups is 1. The van der Waals surface area contributed by atoms with E-state index in [1.54, 1.807) is 18.2 Å². The molecule has 0 saturated carbocycles. The number of hydrogen-bond donors (Lipinski definition) is 2. The van der Waals surface area contributed by atoms with E-state index in [4.69, 9.17) is 6.42 Å². The van der Waals surface area contributed by atoms with E-state index >= 15 is 0 Å². The summed E-state index contributed by atoms with van der Waals surface area (Å²) in [6, 6.07) is 6.28. The maximum absolute atomic E-state index is 10.7. The number of amides is 1. The molecule has 0 radical (unpaired) electrons. The summed E-state index contributed by atoms with van der Waals surface area (Å²) in [4.78, 5) is 20.9. The summed E-state index contributed by atoms with van der Waals surface area (Å²) >= 11 is 0. The molecule has 0 atom stereocenters. The van der Waals surface area contributed by atoms with E-state index in [0.717, 1.165) is 0 Å². The van der Waals surface area contributed by atoms with E-state index < -0.39 is 10.8 Å². The molecular weight excluding hydrogens is 222 g/mol. The summed E-state index contributed by atoms with van der Waals surface area (Å²) in [5, 5.41) is 16.0. The smallest absolute Gasteiger partial charge is 0.295 e. The molecule has 6 heteroatoms. The van der Waals surface area contributed by atoms with Gasteiger partial charge in [0.1, 0.15) is 5.69 Å². The van der Waals surface area contributed by atoms with Crippen LogP contribution in [0.5, 0.6) is 0 Å². The Kier molecular flexibility index (Phi) is 4.51. The third-order valence-corrected chi connectivity index (χ3v) is 1.96. The zero-order valence-electron chi connectivity index (χ0n) is 8.97. The lowest BCUT2D eigenvalue weighted by molar-refractivity contribution is -0.384. The summed E-state index contributed by atoms with van der Waals surface area (Å²) in [7, 11) is 0.